The van der Waals surface area contributed by atoms with Gasteiger partial charge in [0.15, 0.2) is 9.84 Å². The molecule has 0 amide bonds. The Bertz CT molecular complexity index is 525. The van der Waals surface area contributed by atoms with Gasteiger partial charge in [-0.25, -0.2) is 8.42 Å². The van der Waals surface area contributed by atoms with Crippen LogP contribution in [-0.4, -0.2) is 33.1 Å². The Morgan fingerprint density at radius 2 is 2.00 bits per heavy atom. The van der Waals surface area contributed by atoms with Crippen LogP contribution in [0.25, 0.3) is 0 Å². The fraction of sp³-hybridized carbons (Fsp3) is 0.600. The van der Waals surface area contributed by atoms with Crippen molar-refractivity contribution >= 4 is 21.4 Å². The third kappa shape index (κ3) is 3.74. The van der Waals surface area contributed by atoms with Crippen LogP contribution in [0.3, 0.4) is 0 Å². The van der Waals surface area contributed by atoms with Crippen molar-refractivity contribution in [1.82, 2.24) is 0 Å². The lowest BCUT2D eigenvalue weighted by Gasteiger charge is -2.26. The molecule has 112 valence electrons. The minimum atomic E-state index is -3.05. The molecule has 1 aliphatic heterocycles. The number of rotatable bonds is 5. The van der Waals surface area contributed by atoms with Crippen LogP contribution >= 0.6 is 11.6 Å². The van der Waals surface area contributed by atoms with E-state index >= 15 is 0 Å². The van der Waals surface area contributed by atoms with Crippen LogP contribution in [0.1, 0.15) is 35.8 Å². The topological polar surface area (TPSA) is 43.4 Å². The molecule has 1 saturated heterocycles. The molecule has 1 aromatic rings. The van der Waals surface area contributed by atoms with Gasteiger partial charge in [-0.05, 0) is 30.4 Å². The summed E-state index contributed by atoms with van der Waals surface area (Å²) in [6.45, 7) is 0.681. The second kappa shape index (κ2) is 6.92. The zero-order chi connectivity index (χ0) is 14.6. The van der Waals surface area contributed by atoms with Crippen molar-refractivity contribution in [2.75, 3.05) is 19.5 Å². The van der Waals surface area contributed by atoms with Gasteiger partial charge in [0.25, 0.3) is 0 Å². The van der Waals surface area contributed by atoms with Gasteiger partial charge in [0.1, 0.15) is 0 Å². The van der Waals surface area contributed by atoms with Crippen LogP contribution in [0, 0.1) is 0 Å². The summed E-state index contributed by atoms with van der Waals surface area (Å²) in [5, 5.41) is -0.889. The first-order valence-electron chi connectivity index (χ1n) is 6.98. The molecule has 2 rings (SSSR count). The van der Waals surface area contributed by atoms with E-state index in [2.05, 4.69) is 0 Å². The number of methoxy groups -OCH3 is 1. The third-order valence-electron chi connectivity index (χ3n) is 3.85. The van der Waals surface area contributed by atoms with E-state index in [0.717, 1.165) is 24.8 Å². The van der Waals surface area contributed by atoms with E-state index in [1.165, 1.54) is 5.56 Å². The molecule has 2 unspecified atom stereocenters. The summed E-state index contributed by atoms with van der Waals surface area (Å²) in [4.78, 5) is 0. The molecule has 5 heteroatoms. The van der Waals surface area contributed by atoms with Gasteiger partial charge in [-0.2, -0.15) is 0 Å². The molecule has 0 bridgehead atoms. The van der Waals surface area contributed by atoms with Crippen LogP contribution in [0.15, 0.2) is 24.3 Å². The normalized spacial score (nSPS) is 23.4. The molecule has 0 radical (unpaired) electrons. The van der Waals surface area contributed by atoms with Gasteiger partial charge in [-0.1, -0.05) is 30.7 Å². The van der Waals surface area contributed by atoms with Gasteiger partial charge in [-0.3, -0.25) is 0 Å². The average Bonchev–Trinajstić information content (AvgIpc) is 2.44. The Hall–Kier alpha value is -0.580. The van der Waals surface area contributed by atoms with Crippen molar-refractivity contribution in [1.29, 1.82) is 0 Å². The minimum absolute atomic E-state index is 0.271. The van der Waals surface area contributed by atoms with Gasteiger partial charge in [0, 0.05) is 7.11 Å². The van der Waals surface area contributed by atoms with Gasteiger partial charge in [-0.15, -0.1) is 11.6 Å². The molecular formula is C15H21ClO3S. The van der Waals surface area contributed by atoms with E-state index in [1.54, 1.807) is 7.11 Å². The Morgan fingerprint density at radius 1 is 1.30 bits per heavy atom. The lowest BCUT2D eigenvalue weighted by Crippen LogP contribution is -2.31. The molecule has 0 aliphatic carbocycles. The summed E-state index contributed by atoms with van der Waals surface area (Å²) in [7, 11) is -1.37. The molecule has 20 heavy (non-hydrogen) atoms. The molecule has 0 N–H and O–H groups in total. The summed E-state index contributed by atoms with van der Waals surface area (Å²) in [5.74, 6) is 0.271. The standard InChI is InChI=1S/C15H21ClO3S/c1-19-10-9-12-5-7-13(8-6-12)15(16)14-4-2-3-11-20(14,17)18/h5-8,14-15H,2-4,9-11H2,1H3. The Kier molecular flexibility index (Phi) is 5.47. The molecule has 1 heterocycles. The lowest BCUT2D eigenvalue weighted by molar-refractivity contribution is 0.202. The summed E-state index contributed by atoms with van der Waals surface area (Å²) in [6.07, 6.45) is 3.23. The average molecular weight is 317 g/mol. The van der Waals surface area contributed by atoms with Gasteiger partial charge >= 0.3 is 0 Å². The Balaban J connectivity index is 2.10. The van der Waals surface area contributed by atoms with E-state index < -0.39 is 20.5 Å². The smallest absolute Gasteiger partial charge is 0.154 e. The summed E-state index contributed by atoms with van der Waals surface area (Å²) < 4.78 is 29.2. The maximum Gasteiger partial charge on any atom is 0.154 e. The SMILES string of the molecule is COCCc1ccc(C(Cl)C2CCCCS2(=O)=O)cc1. The quantitative estimate of drug-likeness (QED) is 0.784. The number of sulfone groups is 1. The molecular weight excluding hydrogens is 296 g/mol. The number of alkyl halides is 1. The first-order valence-corrected chi connectivity index (χ1v) is 9.13. The summed E-state index contributed by atoms with van der Waals surface area (Å²) in [5.41, 5.74) is 2.06. The highest BCUT2D eigenvalue weighted by Gasteiger charge is 2.35. The number of ether oxygens (including phenoxy) is 1. The molecule has 0 spiro atoms. The Morgan fingerprint density at radius 3 is 2.60 bits per heavy atom. The lowest BCUT2D eigenvalue weighted by atomic mass is 10.0. The van der Waals surface area contributed by atoms with Crippen molar-refractivity contribution in [2.45, 2.75) is 36.3 Å². The van der Waals surface area contributed by atoms with Crippen molar-refractivity contribution < 1.29 is 13.2 Å². The fourth-order valence-electron chi connectivity index (χ4n) is 2.61. The predicted molar refractivity (Wildman–Crippen MR) is 82.0 cm³/mol. The summed E-state index contributed by atoms with van der Waals surface area (Å²) in [6, 6.07) is 7.87. The van der Waals surface area contributed by atoms with Gasteiger partial charge in [0.05, 0.1) is 23.0 Å². The number of hydrogen-bond acceptors (Lipinski definition) is 3. The van der Waals surface area contributed by atoms with E-state index in [9.17, 15) is 8.42 Å². The van der Waals surface area contributed by atoms with Crippen LogP contribution in [0.2, 0.25) is 0 Å². The molecule has 2 atom stereocenters. The maximum absolute atomic E-state index is 12.1. The second-order valence-corrected chi connectivity index (χ2v) is 8.10. The molecule has 0 aromatic heterocycles. The predicted octanol–water partition coefficient (Wildman–Crippen LogP) is 3.12. The molecule has 1 aromatic carbocycles. The van der Waals surface area contributed by atoms with E-state index in [4.69, 9.17) is 16.3 Å². The first kappa shape index (κ1) is 15.8. The van der Waals surface area contributed by atoms with Gasteiger partial charge in [0.2, 0.25) is 0 Å². The van der Waals surface area contributed by atoms with Crippen molar-refractivity contribution in [3.8, 4) is 0 Å². The fourth-order valence-corrected chi connectivity index (χ4v) is 5.31. The van der Waals surface area contributed by atoms with Crippen LogP contribution in [-0.2, 0) is 21.0 Å². The molecule has 1 fully saturated rings. The van der Waals surface area contributed by atoms with Crippen LogP contribution < -0.4 is 0 Å². The largest absolute Gasteiger partial charge is 0.384 e. The van der Waals surface area contributed by atoms with Crippen LogP contribution in [0.5, 0.6) is 0 Å². The zero-order valence-corrected chi connectivity index (χ0v) is 13.3. The van der Waals surface area contributed by atoms with Crippen molar-refractivity contribution in [2.24, 2.45) is 0 Å². The number of halogens is 1. The highest BCUT2D eigenvalue weighted by atomic mass is 35.5. The van der Waals surface area contributed by atoms with E-state index in [1.807, 2.05) is 24.3 Å². The van der Waals surface area contributed by atoms with Crippen LogP contribution in [0.4, 0.5) is 0 Å². The molecule has 0 saturated carbocycles. The van der Waals surface area contributed by atoms with Crippen molar-refractivity contribution in [3.63, 3.8) is 0 Å². The van der Waals surface area contributed by atoms with Gasteiger partial charge < -0.3 is 4.74 Å². The minimum Gasteiger partial charge on any atom is -0.384 e. The molecule has 1 aliphatic rings. The molecule has 3 nitrogen and oxygen atoms in total. The monoisotopic (exact) mass is 316 g/mol. The zero-order valence-electron chi connectivity index (χ0n) is 11.7. The second-order valence-electron chi connectivity index (χ2n) is 5.29. The third-order valence-corrected chi connectivity index (χ3v) is 6.84. The van der Waals surface area contributed by atoms with E-state index in [-0.39, 0.29) is 5.75 Å². The van der Waals surface area contributed by atoms with E-state index in [0.29, 0.717) is 13.0 Å². The highest BCUT2D eigenvalue weighted by molar-refractivity contribution is 7.92. The number of hydrogen-bond donors (Lipinski definition) is 0. The Labute approximate surface area is 126 Å². The maximum atomic E-state index is 12.1. The first-order chi connectivity index (χ1) is 9.54. The van der Waals surface area contributed by atoms with Crippen molar-refractivity contribution in [3.05, 3.63) is 35.4 Å². The summed E-state index contributed by atoms with van der Waals surface area (Å²) >= 11 is 6.42. The number of benzene rings is 1. The highest BCUT2D eigenvalue weighted by Crippen LogP contribution is 2.35.